The maximum absolute atomic E-state index is 12.9. The highest BCUT2D eigenvalue weighted by Crippen LogP contribution is 2.37. The fourth-order valence-electron chi connectivity index (χ4n) is 2.17. The van der Waals surface area contributed by atoms with Gasteiger partial charge in [-0.3, -0.25) is 5.10 Å². The maximum atomic E-state index is 12.9. The molecule has 0 aliphatic heterocycles. The van der Waals surface area contributed by atoms with E-state index in [1.807, 2.05) is 11.9 Å². The molecule has 0 aliphatic rings. The largest absolute Gasteiger partial charge is 0.417 e. The molecule has 3 N–H and O–H groups in total. The van der Waals surface area contributed by atoms with Crippen molar-refractivity contribution in [1.82, 2.24) is 15.1 Å². The van der Waals surface area contributed by atoms with Gasteiger partial charge in [0.15, 0.2) is 0 Å². The van der Waals surface area contributed by atoms with Crippen LogP contribution >= 0.6 is 11.6 Å². The number of H-pyrrole nitrogens is 1. The minimum Gasteiger partial charge on any atom is -0.329 e. The topological polar surface area (TPSA) is 57.9 Å². The summed E-state index contributed by atoms with van der Waals surface area (Å²) in [5, 5.41) is 6.36. The standard InChI is InChI=1S/C14H16ClF3N4/c1-22(5-4-19)8-10-7-20-21-13(10)9-2-3-12(15)11(6-9)14(16,17)18/h2-3,6-7H,4-5,8,19H2,1H3,(H,20,21). The van der Waals surface area contributed by atoms with E-state index < -0.39 is 11.7 Å². The third-order valence-electron chi connectivity index (χ3n) is 3.23. The molecule has 0 bridgehead atoms. The van der Waals surface area contributed by atoms with Crippen molar-refractivity contribution in [2.24, 2.45) is 5.73 Å². The molecule has 0 aliphatic carbocycles. The van der Waals surface area contributed by atoms with Crippen LogP contribution in [0.4, 0.5) is 13.2 Å². The summed E-state index contributed by atoms with van der Waals surface area (Å²) in [4.78, 5) is 1.97. The molecule has 0 radical (unpaired) electrons. The van der Waals surface area contributed by atoms with E-state index in [-0.39, 0.29) is 5.02 Å². The van der Waals surface area contributed by atoms with Crippen molar-refractivity contribution in [3.8, 4) is 11.3 Å². The van der Waals surface area contributed by atoms with Gasteiger partial charge in [-0.2, -0.15) is 18.3 Å². The molecule has 2 rings (SSSR count). The first-order valence-corrected chi connectivity index (χ1v) is 6.98. The Hall–Kier alpha value is -1.57. The predicted molar refractivity (Wildman–Crippen MR) is 79.4 cm³/mol. The van der Waals surface area contributed by atoms with Gasteiger partial charge in [0.2, 0.25) is 0 Å². The first-order valence-electron chi connectivity index (χ1n) is 6.61. The van der Waals surface area contributed by atoms with Gasteiger partial charge in [-0.05, 0) is 19.2 Å². The highest BCUT2D eigenvalue weighted by atomic mass is 35.5. The van der Waals surface area contributed by atoms with E-state index in [0.717, 1.165) is 11.6 Å². The number of aromatic nitrogens is 2. The molecule has 8 heteroatoms. The summed E-state index contributed by atoms with van der Waals surface area (Å²) in [7, 11) is 1.88. The van der Waals surface area contributed by atoms with E-state index in [2.05, 4.69) is 10.2 Å². The number of aromatic amines is 1. The normalized spacial score (nSPS) is 12.1. The van der Waals surface area contributed by atoms with Crippen molar-refractivity contribution in [3.63, 3.8) is 0 Å². The Morgan fingerprint density at radius 2 is 2.09 bits per heavy atom. The van der Waals surface area contributed by atoms with Crippen molar-refractivity contribution < 1.29 is 13.2 Å². The Bertz CT molecular complexity index is 639. The number of alkyl halides is 3. The molecule has 1 aromatic heterocycles. The van der Waals surface area contributed by atoms with E-state index in [9.17, 15) is 13.2 Å². The van der Waals surface area contributed by atoms with Gasteiger partial charge in [0.25, 0.3) is 0 Å². The molecular weight excluding hydrogens is 317 g/mol. The number of halogens is 4. The maximum Gasteiger partial charge on any atom is 0.417 e. The monoisotopic (exact) mass is 332 g/mol. The third kappa shape index (κ3) is 3.79. The van der Waals surface area contributed by atoms with Gasteiger partial charge in [-0.15, -0.1) is 0 Å². The summed E-state index contributed by atoms with van der Waals surface area (Å²) in [6, 6.07) is 3.81. The van der Waals surface area contributed by atoms with Crippen LogP contribution in [0.3, 0.4) is 0 Å². The molecule has 0 spiro atoms. The predicted octanol–water partition coefficient (Wildman–Crippen LogP) is 3.14. The molecule has 0 fully saturated rings. The Labute approximate surface area is 131 Å². The number of hydrogen-bond acceptors (Lipinski definition) is 3. The first-order chi connectivity index (χ1) is 10.3. The second-order valence-corrected chi connectivity index (χ2v) is 5.40. The number of rotatable bonds is 5. The molecule has 120 valence electrons. The first kappa shape index (κ1) is 16.8. The zero-order valence-electron chi connectivity index (χ0n) is 11.9. The SMILES string of the molecule is CN(CCN)Cc1cn[nH]c1-c1ccc(Cl)c(C(F)(F)F)c1. The van der Waals surface area contributed by atoms with Crippen LogP contribution < -0.4 is 5.73 Å². The quantitative estimate of drug-likeness (QED) is 0.884. The molecule has 0 unspecified atom stereocenters. The lowest BCUT2D eigenvalue weighted by atomic mass is 10.0. The fraction of sp³-hybridized carbons (Fsp3) is 0.357. The van der Waals surface area contributed by atoms with Gasteiger partial charge in [0.1, 0.15) is 0 Å². The number of benzene rings is 1. The average molecular weight is 333 g/mol. The van der Waals surface area contributed by atoms with Crippen LogP contribution in [-0.4, -0.2) is 35.2 Å². The van der Waals surface area contributed by atoms with Crippen LogP contribution in [0.15, 0.2) is 24.4 Å². The molecule has 1 aromatic carbocycles. The summed E-state index contributed by atoms with van der Waals surface area (Å²) in [5.74, 6) is 0. The molecule has 0 saturated heterocycles. The highest BCUT2D eigenvalue weighted by molar-refractivity contribution is 6.31. The summed E-state index contributed by atoms with van der Waals surface area (Å²) >= 11 is 5.64. The van der Waals surface area contributed by atoms with E-state index >= 15 is 0 Å². The number of hydrogen-bond donors (Lipinski definition) is 2. The smallest absolute Gasteiger partial charge is 0.329 e. The number of nitrogens with zero attached hydrogens (tertiary/aromatic N) is 2. The fourth-order valence-corrected chi connectivity index (χ4v) is 2.39. The minimum atomic E-state index is -4.50. The van der Waals surface area contributed by atoms with Crippen LogP contribution in [0.5, 0.6) is 0 Å². The van der Waals surface area contributed by atoms with E-state index in [0.29, 0.717) is 30.9 Å². The van der Waals surface area contributed by atoms with Crippen LogP contribution in [0.25, 0.3) is 11.3 Å². The van der Waals surface area contributed by atoms with Crippen molar-refractivity contribution in [1.29, 1.82) is 0 Å². The highest BCUT2D eigenvalue weighted by Gasteiger charge is 2.33. The van der Waals surface area contributed by atoms with Crippen molar-refractivity contribution in [2.75, 3.05) is 20.1 Å². The zero-order chi connectivity index (χ0) is 16.3. The van der Waals surface area contributed by atoms with Gasteiger partial charge >= 0.3 is 6.18 Å². The Balaban J connectivity index is 2.35. The summed E-state index contributed by atoms with van der Waals surface area (Å²) < 4.78 is 38.8. The lowest BCUT2D eigenvalue weighted by Crippen LogP contribution is -2.25. The second-order valence-electron chi connectivity index (χ2n) is 4.99. The van der Waals surface area contributed by atoms with Crippen molar-refractivity contribution in [2.45, 2.75) is 12.7 Å². The molecule has 2 aromatic rings. The van der Waals surface area contributed by atoms with E-state index in [1.165, 1.54) is 12.1 Å². The summed E-state index contributed by atoms with van der Waals surface area (Å²) in [6.07, 6.45) is -2.90. The molecular formula is C14H16ClF3N4. The zero-order valence-corrected chi connectivity index (χ0v) is 12.7. The summed E-state index contributed by atoms with van der Waals surface area (Å²) in [6.45, 7) is 1.72. The van der Waals surface area contributed by atoms with Crippen LogP contribution in [-0.2, 0) is 12.7 Å². The Kier molecular flexibility index (Phi) is 5.10. The molecule has 1 heterocycles. The molecule has 4 nitrogen and oxygen atoms in total. The molecule has 0 amide bonds. The lowest BCUT2D eigenvalue weighted by molar-refractivity contribution is -0.137. The minimum absolute atomic E-state index is 0.322. The van der Waals surface area contributed by atoms with Gasteiger partial charge < -0.3 is 10.6 Å². The molecule has 0 atom stereocenters. The van der Waals surface area contributed by atoms with Gasteiger partial charge in [0, 0.05) is 30.8 Å². The number of nitrogens with two attached hydrogens (primary N) is 1. The van der Waals surface area contributed by atoms with Gasteiger partial charge in [0.05, 0.1) is 22.5 Å². The van der Waals surface area contributed by atoms with Crippen molar-refractivity contribution in [3.05, 3.63) is 40.5 Å². The summed E-state index contributed by atoms with van der Waals surface area (Å²) in [5.41, 5.74) is 6.37. The Morgan fingerprint density at radius 1 is 1.36 bits per heavy atom. The van der Waals surface area contributed by atoms with Crippen LogP contribution in [0.2, 0.25) is 5.02 Å². The van der Waals surface area contributed by atoms with Crippen LogP contribution in [0, 0.1) is 0 Å². The Morgan fingerprint density at radius 3 is 2.73 bits per heavy atom. The average Bonchev–Trinajstić information content (AvgIpc) is 2.86. The number of likely N-dealkylation sites (N-methyl/N-ethyl adjacent to an activating group) is 1. The third-order valence-corrected chi connectivity index (χ3v) is 3.56. The lowest BCUT2D eigenvalue weighted by Gasteiger charge is -2.16. The van der Waals surface area contributed by atoms with E-state index in [4.69, 9.17) is 17.3 Å². The number of nitrogens with one attached hydrogen (secondary N) is 1. The van der Waals surface area contributed by atoms with Gasteiger partial charge in [-0.1, -0.05) is 17.7 Å². The second kappa shape index (κ2) is 6.68. The van der Waals surface area contributed by atoms with Crippen LogP contribution in [0.1, 0.15) is 11.1 Å². The molecule has 0 saturated carbocycles. The van der Waals surface area contributed by atoms with E-state index in [1.54, 1.807) is 6.20 Å². The molecule has 22 heavy (non-hydrogen) atoms. The van der Waals surface area contributed by atoms with Crippen molar-refractivity contribution >= 4 is 11.6 Å². The van der Waals surface area contributed by atoms with Gasteiger partial charge in [-0.25, -0.2) is 0 Å².